The lowest BCUT2D eigenvalue weighted by Crippen LogP contribution is -2.24. The van der Waals surface area contributed by atoms with Crippen molar-refractivity contribution in [2.45, 2.75) is 19.4 Å². The molecule has 0 spiro atoms. The van der Waals surface area contributed by atoms with Gasteiger partial charge < -0.3 is 5.32 Å². The molecule has 0 aromatic heterocycles. The summed E-state index contributed by atoms with van der Waals surface area (Å²) < 4.78 is 38.1. The van der Waals surface area contributed by atoms with E-state index in [4.69, 9.17) is 0 Å². The number of alkyl halides is 2. The van der Waals surface area contributed by atoms with Crippen molar-refractivity contribution in [2.24, 2.45) is 0 Å². The first kappa shape index (κ1) is 11.0. The van der Waals surface area contributed by atoms with E-state index in [0.717, 1.165) is 5.56 Å². The average molecular weight is 203 g/mol. The maximum absolute atomic E-state index is 13.2. The van der Waals surface area contributed by atoms with E-state index in [1.165, 1.54) is 19.2 Å². The molecule has 0 aliphatic carbocycles. The van der Waals surface area contributed by atoms with Crippen LogP contribution in [0.5, 0.6) is 0 Å². The molecule has 0 aliphatic heterocycles. The number of hydrogen-bond acceptors (Lipinski definition) is 1. The van der Waals surface area contributed by atoms with Crippen LogP contribution in [-0.2, 0) is 0 Å². The number of hydrogen-bond donors (Lipinski definition) is 1. The molecule has 1 aromatic carbocycles. The van der Waals surface area contributed by atoms with Crippen LogP contribution in [0.25, 0.3) is 0 Å². The monoisotopic (exact) mass is 203 g/mol. The van der Waals surface area contributed by atoms with Crippen LogP contribution in [0.4, 0.5) is 13.2 Å². The number of benzene rings is 1. The van der Waals surface area contributed by atoms with Gasteiger partial charge in [0.05, 0.1) is 6.04 Å². The molecule has 78 valence electrons. The third-order valence-electron chi connectivity index (χ3n) is 2.05. The summed E-state index contributed by atoms with van der Waals surface area (Å²) in [6.07, 6.45) is -2.61. The zero-order valence-electron chi connectivity index (χ0n) is 8.02. The van der Waals surface area contributed by atoms with Gasteiger partial charge in [0.2, 0.25) is 0 Å². The summed E-state index contributed by atoms with van der Waals surface area (Å²) >= 11 is 0. The van der Waals surface area contributed by atoms with E-state index in [2.05, 4.69) is 5.32 Å². The second-order valence-electron chi connectivity index (χ2n) is 3.13. The fourth-order valence-corrected chi connectivity index (χ4v) is 1.32. The predicted molar refractivity (Wildman–Crippen MR) is 48.9 cm³/mol. The average Bonchev–Trinajstić information content (AvgIpc) is 2.11. The number of nitrogens with one attached hydrogen (secondary N) is 1. The summed E-state index contributed by atoms with van der Waals surface area (Å²) in [4.78, 5) is 0. The summed E-state index contributed by atoms with van der Waals surface area (Å²) in [5.74, 6) is -0.602. The molecule has 4 heteroatoms. The minimum Gasteiger partial charge on any atom is -0.308 e. The molecule has 0 saturated heterocycles. The highest BCUT2D eigenvalue weighted by Gasteiger charge is 2.23. The molecule has 1 rings (SSSR count). The van der Waals surface area contributed by atoms with E-state index in [-0.39, 0.29) is 5.56 Å². The Morgan fingerprint density at radius 2 is 1.93 bits per heavy atom. The third kappa shape index (κ3) is 2.26. The molecule has 0 aliphatic rings. The van der Waals surface area contributed by atoms with Gasteiger partial charge in [0.1, 0.15) is 5.82 Å². The first-order valence-electron chi connectivity index (χ1n) is 4.27. The van der Waals surface area contributed by atoms with E-state index < -0.39 is 18.3 Å². The van der Waals surface area contributed by atoms with Gasteiger partial charge in [-0.1, -0.05) is 17.7 Å². The van der Waals surface area contributed by atoms with E-state index in [1.54, 1.807) is 13.0 Å². The molecular weight excluding hydrogens is 191 g/mol. The molecule has 1 unspecified atom stereocenters. The van der Waals surface area contributed by atoms with Crippen LogP contribution in [0.3, 0.4) is 0 Å². The van der Waals surface area contributed by atoms with Crippen molar-refractivity contribution in [3.8, 4) is 0 Å². The minimum atomic E-state index is -2.61. The summed E-state index contributed by atoms with van der Waals surface area (Å²) in [7, 11) is 1.39. The quantitative estimate of drug-likeness (QED) is 0.796. The smallest absolute Gasteiger partial charge is 0.257 e. The predicted octanol–water partition coefficient (Wildman–Crippen LogP) is 2.66. The molecule has 0 bridgehead atoms. The summed E-state index contributed by atoms with van der Waals surface area (Å²) in [5.41, 5.74) is 0.782. The molecule has 0 amide bonds. The largest absolute Gasteiger partial charge is 0.308 e. The zero-order valence-corrected chi connectivity index (χ0v) is 8.02. The van der Waals surface area contributed by atoms with Gasteiger partial charge in [-0.05, 0) is 20.0 Å². The molecular formula is C10H12F3N. The Hall–Kier alpha value is -1.03. The highest BCUT2D eigenvalue weighted by Crippen LogP contribution is 2.23. The first-order chi connectivity index (χ1) is 6.56. The highest BCUT2D eigenvalue weighted by atomic mass is 19.3. The van der Waals surface area contributed by atoms with Crippen LogP contribution in [0.2, 0.25) is 0 Å². The van der Waals surface area contributed by atoms with Gasteiger partial charge in [0, 0.05) is 5.56 Å². The van der Waals surface area contributed by atoms with Gasteiger partial charge in [0.15, 0.2) is 0 Å². The third-order valence-corrected chi connectivity index (χ3v) is 2.05. The molecule has 0 fully saturated rings. The topological polar surface area (TPSA) is 12.0 Å². The van der Waals surface area contributed by atoms with Crippen molar-refractivity contribution in [1.29, 1.82) is 0 Å². The molecule has 1 nitrogen and oxygen atoms in total. The Morgan fingerprint density at radius 3 is 2.43 bits per heavy atom. The lowest BCUT2D eigenvalue weighted by atomic mass is 10.0. The fraction of sp³-hybridized carbons (Fsp3) is 0.400. The van der Waals surface area contributed by atoms with E-state index in [1.807, 2.05) is 0 Å². The Morgan fingerprint density at radius 1 is 1.29 bits per heavy atom. The van der Waals surface area contributed by atoms with Crippen molar-refractivity contribution in [3.05, 3.63) is 35.1 Å². The van der Waals surface area contributed by atoms with Gasteiger partial charge in [-0.25, -0.2) is 13.2 Å². The van der Waals surface area contributed by atoms with Crippen LogP contribution < -0.4 is 5.32 Å². The maximum Gasteiger partial charge on any atom is 0.257 e. The van der Waals surface area contributed by atoms with Gasteiger partial charge in [-0.3, -0.25) is 0 Å². The van der Waals surface area contributed by atoms with Crippen molar-refractivity contribution in [3.63, 3.8) is 0 Å². The lowest BCUT2D eigenvalue weighted by Gasteiger charge is -2.16. The molecule has 1 N–H and O–H groups in total. The number of halogens is 3. The SMILES string of the molecule is CNC(c1cc(C)ccc1F)C(F)F. The fourth-order valence-electron chi connectivity index (χ4n) is 1.32. The van der Waals surface area contributed by atoms with Gasteiger partial charge in [0.25, 0.3) is 6.43 Å². The molecule has 0 radical (unpaired) electrons. The van der Waals surface area contributed by atoms with Crippen molar-refractivity contribution < 1.29 is 13.2 Å². The van der Waals surface area contributed by atoms with Gasteiger partial charge in [-0.15, -0.1) is 0 Å². The summed E-state index contributed by atoms with van der Waals surface area (Å²) in [5, 5.41) is 2.40. The zero-order chi connectivity index (χ0) is 10.7. The highest BCUT2D eigenvalue weighted by molar-refractivity contribution is 5.27. The first-order valence-corrected chi connectivity index (χ1v) is 4.27. The Bertz CT molecular complexity index is 312. The Labute approximate surface area is 80.9 Å². The Balaban J connectivity index is 3.08. The van der Waals surface area contributed by atoms with Crippen LogP contribution in [0.15, 0.2) is 18.2 Å². The molecule has 0 heterocycles. The maximum atomic E-state index is 13.2. The van der Waals surface area contributed by atoms with Gasteiger partial charge >= 0.3 is 0 Å². The van der Waals surface area contributed by atoms with E-state index in [9.17, 15) is 13.2 Å². The number of rotatable bonds is 3. The normalized spacial score (nSPS) is 13.3. The summed E-state index contributed by atoms with van der Waals surface area (Å²) in [6.45, 7) is 1.74. The van der Waals surface area contributed by atoms with Crippen molar-refractivity contribution >= 4 is 0 Å². The van der Waals surface area contributed by atoms with Crippen LogP contribution in [0.1, 0.15) is 17.2 Å². The minimum absolute atomic E-state index is 0.0162. The summed E-state index contributed by atoms with van der Waals surface area (Å²) in [6, 6.07) is 2.95. The second kappa shape index (κ2) is 4.46. The van der Waals surface area contributed by atoms with Crippen molar-refractivity contribution in [1.82, 2.24) is 5.32 Å². The molecule has 1 aromatic rings. The molecule has 14 heavy (non-hydrogen) atoms. The standard InChI is InChI=1S/C10H12F3N/c1-6-3-4-8(11)7(5-6)9(14-2)10(12)13/h3-5,9-10,14H,1-2H3. The van der Waals surface area contributed by atoms with Crippen molar-refractivity contribution in [2.75, 3.05) is 7.05 Å². The van der Waals surface area contributed by atoms with Crippen LogP contribution in [-0.4, -0.2) is 13.5 Å². The van der Waals surface area contributed by atoms with Crippen LogP contribution >= 0.6 is 0 Å². The van der Waals surface area contributed by atoms with Gasteiger partial charge in [-0.2, -0.15) is 0 Å². The second-order valence-corrected chi connectivity index (χ2v) is 3.13. The number of aryl methyl sites for hydroxylation is 1. The molecule has 1 atom stereocenters. The van der Waals surface area contributed by atoms with E-state index in [0.29, 0.717) is 0 Å². The Kier molecular flexibility index (Phi) is 3.52. The lowest BCUT2D eigenvalue weighted by molar-refractivity contribution is 0.100. The van der Waals surface area contributed by atoms with Crippen LogP contribution in [0, 0.1) is 12.7 Å². The van der Waals surface area contributed by atoms with E-state index >= 15 is 0 Å². The molecule has 0 saturated carbocycles.